The topological polar surface area (TPSA) is 46.9 Å². The first-order chi connectivity index (χ1) is 8.82. The average Bonchev–Trinajstić information content (AvgIpc) is 3.09. The Labute approximate surface area is 108 Å². The number of hydrogen-bond donors (Lipinski definition) is 1. The number of carbonyl (C=O) groups excluding carboxylic acids is 1. The van der Waals surface area contributed by atoms with Gasteiger partial charge in [0.1, 0.15) is 0 Å². The van der Waals surface area contributed by atoms with Crippen LogP contribution < -0.4 is 5.32 Å². The van der Waals surface area contributed by atoms with Gasteiger partial charge < -0.3 is 5.32 Å². The van der Waals surface area contributed by atoms with Gasteiger partial charge in [-0.05, 0) is 25.2 Å². The van der Waals surface area contributed by atoms with E-state index in [1.807, 2.05) is 0 Å². The lowest BCUT2D eigenvalue weighted by Gasteiger charge is -2.10. The molecule has 7 heteroatoms. The van der Waals surface area contributed by atoms with Crippen molar-refractivity contribution in [3.8, 4) is 0 Å². The van der Waals surface area contributed by atoms with Gasteiger partial charge in [-0.3, -0.25) is 9.48 Å². The highest BCUT2D eigenvalue weighted by atomic mass is 19.4. The highest BCUT2D eigenvalue weighted by Crippen LogP contribution is 2.75. The molecule has 0 spiro atoms. The van der Waals surface area contributed by atoms with Gasteiger partial charge in [-0.1, -0.05) is 0 Å². The fourth-order valence-corrected chi connectivity index (χ4v) is 2.44. The molecular weight excluding hydrogens is 259 g/mol. The minimum Gasteiger partial charge on any atom is -0.323 e. The molecule has 1 N–H and O–H groups in total. The molecule has 0 saturated heterocycles. The second-order valence-electron chi connectivity index (χ2n) is 5.46. The molecule has 1 amide bonds. The van der Waals surface area contributed by atoms with Crippen LogP contribution in [0.1, 0.15) is 25.0 Å². The maximum absolute atomic E-state index is 12.3. The van der Waals surface area contributed by atoms with Crippen molar-refractivity contribution in [3.05, 3.63) is 11.9 Å². The summed E-state index contributed by atoms with van der Waals surface area (Å²) in [5, 5.41) is 6.64. The molecule has 0 radical (unpaired) electrons. The summed E-state index contributed by atoms with van der Waals surface area (Å²) in [6.45, 7) is 0. The van der Waals surface area contributed by atoms with Crippen molar-refractivity contribution in [1.29, 1.82) is 0 Å². The third-order valence-corrected chi connectivity index (χ3v) is 4.09. The van der Waals surface area contributed by atoms with Crippen molar-refractivity contribution in [2.24, 2.45) is 18.4 Å². The van der Waals surface area contributed by atoms with E-state index in [2.05, 4.69) is 10.4 Å². The monoisotopic (exact) mass is 273 g/mol. The second-order valence-corrected chi connectivity index (χ2v) is 5.46. The van der Waals surface area contributed by atoms with Crippen LogP contribution in [0.25, 0.3) is 0 Å². The van der Waals surface area contributed by atoms with E-state index in [0.717, 1.165) is 12.8 Å². The molecule has 19 heavy (non-hydrogen) atoms. The number of carbonyl (C=O) groups is 1. The number of halogens is 3. The van der Waals surface area contributed by atoms with Crippen LogP contribution in [0, 0.1) is 11.3 Å². The Morgan fingerprint density at radius 2 is 2.21 bits per heavy atom. The molecule has 0 aromatic carbocycles. The number of rotatable bonds is 4. The number of amides is 1. The van der Waals surface area contributed by atoms with Gasteiger partial charge >= 0.3 is 6.18 Å². The number of nitrogens with zero attached hydrogens (tertiary/aromatic N) is 2. The van der Waals surface area contributed by atoms with Gasteiger partial charge in [0.05, 0.1) is 23.0 Å². The van der Waals surface area contributed by atoms with Crippen molar-refractivity contribution in [2.75, 3.05) is 5.32 Å². The first kappa shape index (κ1) is 12.5. The van der Waals surface area contributed by atoms with Crippen LogP contribution in [0.5, 0.6) is 0 Å². The highest BCUT2D eigenvalue weighted by molar-refractivity contribution is 6.00. The number of alkyl halides is 3. The number of fused-ring (bicyclic) bond motifs is 1. The van der Waals surface area contributed by atoms with Crippen molar-refractivity contribution in [3.63, 3.8) is 0 Å². The number of aromatic nitrogens is 2. The molecule has 1 aromatic heterocycles. The molecule has 0 bridgehead atoms. The summed E-state index contributed by atoms with van der Waals surface area (Å²) in [4.78, 5) is 11.9. The molecule has 3 rings (SSSR count). The van der Waals surface area contributed by atoms with Gasteiger partial charge in [0.25, 0.3) is 0 Å². The molecule has 2 saturated carbocycles. The normalized spacial score (nSPS) is 27.9. The summed E-state index contributed by atoms with van der Waals surface area (Å²) in [6, 6.07) is 0. The number of anilines is 1. The van der Waals surface area contributed by atoms with Gasteiger partial charge in [-0.15, -0.1) is 0 Å². The molecule has 0 aliphatic heterocycles. The Morgan fingerprint density at radius 3 is 2.74 bits per heavy atom. The van der Waals surface area contributed by atoms with E-state index >= 15 is 0 Å². The molecule has 2 aliphatic rings. The molecule has 0 unspecified atom stereocenters. The summed E-state index contributed by atoms with van der Waals surface area (Å²) in [5.74, 6) is 0.432. The largest absolute Gasteiger partial charge is 0.389 e. The molecule has 1 heterocycles. The smallest absolute Gasteiger partial charge is 0.323 e. The predicted octanol–water partition coefficient (Wildman–Crippen LogP) is 2.26. The third-order valence-electron chi connectivity index (χ3n) is 4.09. The first-order valence-electron chi connectivity index (χ1n) is 6.21. The number of nitrogens with one attached hydrogen (secondary N) is 1. The van der Waals surface area contributed by atoms with Gasteiger partial charge in [0.15, 0.2) is 0 Å². The Morgan fingerprint density at radius 1 is 1.58 bits per heavy atom. The van der Waals surface area contributed by atoms with E-state index in [0.29, 0.717) is 17.3 Å². The molecular formula is C12H14F3N3O. The fraction of sp³-hybridized carbons (Fsp3) is 0.667. The predicted molar refractivity (Wildman–Crippen MR) is 61.4 cm³/mol. The minimum absolute atomic E-state index is 0.0706. The zero-order valence-electron chi connectivity index (χ0n) is 10.4. The minimum atomic E-state index is -4.21. The number of hydrogen-bond acceptors (Lipinski definition) is 2. The quantitative estimate of drug-likeness (QED) is 0.914. The summed E-state index contributed by atoms with van der Waals surface area (Å²) >= 11 is 0. The summed E-state index contributed by atoms with van der Waals surface area (Å²) in [5.41, 5.74) is 0.625. The molecule has 2 aliphatic carbocycles. The number of aryl methyl sites for hydroxylation is 1. The summed E-state index contributed by atoms with van der Waals surface area (Å²) in [7, 11) is 1.58. The summed E-state index contributed by atoms with van der Waals surface area (Å²) in [6.07, 6.45) is -2.05. The zero-order chi connectivity index (χ0) is 13.8. The van der Waals surface area contributed by atoms with Gasteiger partial charge in [0.2, 0.25) is 5.91 Å². The van der Waals surface area contributed by atoms with E-state index in [1.54, 1.807) is 7.05 Å². The van der Waals surface area contributed by atoms with Crippen LogP contribution in [0.15, 0.2) is 6.20 Å². The fourth-order valence-electron chi connectivity index (χ4n) is 2.44. The molecule has 0 atom stereocenters. The SMILES string of the molecule is Cn1ncc(NC(=O)C23CC2C3)c1CCC(F)(F)F. The Kier molecular flexibility index (Phi) is 2.46. The van der Waals surface area contributed by atoms with Crippen molar-refractivity contribution in [2.45, 2.75) is 31.9 Å². The Balaban J connectivity index is 1.69. The molecule has 4 nitrogen and oxygen atoms in total. The lowest BCUT2D eigenvalue weighted by Crippen LogP contribution is -2.19. The van der Waals surface area contributed by atoms with Gasteiger partial charge in [-0.25, -0.2) is 0 Å². The maximum atomic E-state index is 12.3. The van der Waals surface area contributed by atoms with Crippen LogP contribution in [-0.4, -0.2) is 21.9 Å². The maximum Gasteiger partial charge on any atom is 0.389 e. The van der Waals surface area contributed by atoms with Crippen LogP contribution in [0.2, 0.25) is 0 Å². The van der Waals surface area contributed by atoms with Gasteiger partial charge in [0, 0.05) is 13.5 Å². The molecule has 2 fully saturated rings. The summed E-state index contributed by atoms with van der Waals surface area (Å²) < 4.78 is 38.2. The lowest BCUT2D eigenvalue weighted by molar-refractivity contribution is -0.134. The van der Waals surface area contributed by atoms with E-state index in [-0.39, 0.29) is 17.7 Å². The average molecular weight is 273 g/mol. The lowest BCUT2D eigenvalue weighted by atomic mass is 10.1. The molecule has 1 aromatic rings. The van der Waals surface area contributed by atoms with Crippen LogP contribution >= 0.6 is 0 Å². The highest BCUT2D eigenvalue weighted by Gasteiger charge is 2.74. The van der Waals surface area contributed by atoms with E-state index in [1.165, 1.54) is 10.9 Å². The third kappa shape index (κ3) is 2.21. The van der Waals surface area contributed by atoms with Crippen molar-refractivity contribution >= 4 is 11.6 Å². The zero-order valence-corrected chi connectivity index (χ0v) is 10.4. The van der Waals surface area contributed by atoms with E-state index in [9.17, 15) is 18.0 Å². The van der Waals surface area contributed by atoms with Crippen molar-refractivity contribution < 1.29 is 18.0 Å². The van der Waals surface area contributed by atoms with Crippen molar-refractivity contribution in [1.82, 2.24) is 9.78 Å². The van der Waals surface area contributed by atoms with Crippen LogP contribution in [0.4, 0.5) is 18.9 Å². The van der Waals surface area contributed by atoms with Gasteiger partial charge in [-0.2, -0.15) is 18.3 Å². The Hall–Kier alpha value is -1.53. The Bertz CT molecular complexity index is 529. The second kappa shape index (κ2) is 3.74. The standard InChI is InChI=1S/C12H14F3N3O/c1-18-9(2-3-12(13,14)15)8(6-16-18)17-10(19)11-4-7(11)5-11/h6-7H,2-5H2,1H3,(H,17,19). The van der Waals surface area contributed by atoms with Crippen LogP contribution in [-0.2, 0) is 18.3 Å². The van der Waals surface area contributed by atoms with E-state index in [4.69, 9.17) is 0 Å². The van der Waals surface area contributed by atoms with E-state index < -0.39 is 12.6 Å². The first-order valence-corrected chi connectivity index (χ1v) is 6.21. The molecule has 104 valence electrons. The van der Waals surface area contributed by atoms with Crippen LogP contribution in [0.3, 0.4) is 0 Å².